The molecule has 1 aromatic heterocycles. The Bertz CT molecular complexity index is 711. The van der Waals surface area contributed by atoms with Gasteiger partial charge in [0.15, 0.2) is 5.82 Å². The molecule has 0 N–H and O–H groups in total. The van der Waals surface area contributed by atoms with E-state index in [1.54, 1.807) is 4.90 Å². The topological polar surface area (TPSA) is 59.2 Å². The Labute approximate surface area is 133 Å². The Balaban J connectivity index is 1.58. The van der Waals surface area contributed by atoms with Gasteiger partial charge in [0, 0.05) is 23.9 Å². The molecule has 114 valence electrons. The molecular weight excluding hydrogens is 302 g/mol. The number of nitrogens with zero attached hydrogens (tertiary/aromatic N) is 3. The van der Waals surface area contributed by atoms with Crippen LogP contribution in [0.3, 0.4) is 0 Å². The van der Waals surface area contributed by atoms with E-state index in [2.05, 4.69) is 10.1 Å². The molecule has 6 heteroatoms. The van der Waals surface area contributed by atoms with Crippen LogP contribution in [-0.2, 0) is 11.3 Å². The summed E-state index contributed by atoms with van der Waals surface area (Å²) in [6, 6.07) is 7.45. The molecule has 2 fully saturated rings. The van der Waals surface area contributed by atoms with Crippen molar-refractivity contribution in [3.8, 4) is 0 Å². The van der Waals surface area contributed by atoms with Crippen LogP contribution in [0, 0.1) is 0 Å². The summed E-state index contributed by atoms with van der Waals surface area (Å²) in [6.45, 7) is 0.477. The first kappa shape index (κ1) is 13.8. The van der Waals surface area contributed by atoms with E-state index in [-0.39, 0.29) is 11.9 Å². The molecule has 1 aliphatic heterocycles. The third kappa shape index (κ3) is 2.50. The maximum Gasteiger partial charge on any atom is 0.249 e. The van der Waals surface area contributed by atoms with Crippen LogP contribution in [0.2, 0.25) is 5.02 Å². The molecule has 4 rings (SSSR count). The van der Waals surface area contributed by atoms with Crippen molar-refractivity contribution >= 4 is 17.5 Å². The maximum absolute atomic E-state index is 12.2. The van der Waals surface area contributed by atoms with Gasteiger partial charge >= 0.3 is 0 Å². The molecule has 2 aliphatic rings. The number of benzene rings is 1. The molecule has 22 heavy (non-hydrogen) atoms. The summed E-state index contributed by atoms with van der Waals surface area (Å²) in [5.41, 5.74) is 0.936. The maximum atomic E-state index is 12.2. The van der Waals surface area contributed by atoms with Crippen molar-refractivity contribution < 1.29 is 9.32 Å². The number of halogens is 1. The van der Waals surface area contributed by atoms with Crippen molar-refractivity contribution in [1.29, 1.82) is 0 Å². The van der Waals surface area contributed by atoms with Crippen LogP contribution in [0.25, 0.3) is 0 Å². The van der Waals surface area contributed by atoms with Gasteiger partial charge in [-0.25, -0.2) is 0 Å². The van der Waals surface area contributed by atoms with Crippen molar-refractivity contribution in [3.63, 3.8) is 0 Å². The fourth-order valence-electron chi connectivity index (χ4n) is 2.89. The van der Waals surface area contributed by atoms with Gasteiger partial charge in [0.05, 0.1) is 0 Å². The lowest BCUT2D eigenvalue weighted by molar-refractivity contribution is -0.129. The van der Waals surface area contributed by atoms with Crippen LogP contribution in [0.1, 0.15) is 54.9 Å². The van der Waals surface area contributed by atoms with Crippen LogP contribution >= 0.6 is 11.6 Å². The SMILES string of the molecule is O=C1CCC(c2nc(C3CC3)no2)N1Cc1ccccc1Cl. The minimum Gasteiger partial charge on any atom is -0.337 e. The third-order valence-electron chi connectivity index (χ3n) is 4.31. The Morgan fingerprint density at radius 1 is 1.27 bits per heavy atom. The fraction of sp³-hybridized carbons (Fsp3) is 0.438. The Morgan fingerprint density at radius 2 is 2.09 bits per heavy atom. The summed E-state index contributed by atoms with van der Waals surface area (Å²) in [4.78, 5) is 18.5. The van der Waals surface area contributed by atoms with E-state index in [0.29, 0.717) is 29.8 Å². The van der Waals surface area contributed by atoms with Gasteiger partial charge in [-0.05, 0) is 30.9 Å². The molecule has 1 aliphatic carbocycles. The van der Waals surface area contributed by atoms with Crippen LogP contribution in [0.15, 0.2) is 28.8 Å². The number of hydrogen-bond donors (Lipinski definition) is 0. The molecule has 1 amide bonds. The summed E-state index contributed by atoms with van der Waals surface area (Å²) in [6.07, 6.45) is 3.49. The Hall–Kier alpha value is -1.88. The van der Waals surface area contributed by atoms with Crippen molar-refractivity contribution in [3.05, 3.63) is 46.6 Å². The van der Waals surface area contributed by atoms with Crippen LogP contribution in [0.5, 0.6) is 0 Å². The first-order valence-electron chi connectivity index (χ1n) is 7.59. The molecule has 1 saturated carbocycles. The molecule has 1 aromatic carbocycles. The lowest BCUT2D eigenvalue weighted by Crippen LogP contribution is -2.27. The van der Waals surface area contributed by atoms with E-state index in [4.69, 9.17) is 16.1 Å². The van der Waals surface area contributed by atoms with E-state index in [0.717, 1.165) is 30.7 Å². The van der Waals surface area contributed by atoms with Crippen molar-refractivity contribution in [2.75, 3.05) is 0 Å². The number of aromatic nitrogens is 2. The van der Waals surface area contributed by atoms with Gasteiger partial charge in [0.25, 0.3) is 0 Å². The molecule has 1 atom stereocenters. The van der Waals surface area contributed by atoms with Gasteiger partial charge in [-0.2, -0.15) is 4.98 Å². The second-order valence-electron chi connectivity index (χ2n) is 5.93. The highest BCUT2D eigenvalue weighted by molar-refractivity contribution is 6.31. The first-order valence-corrected chi connectivity index (χ1v) is 7.96. The number of carbonyl (C=O) groups excluding carboxylic acids is 1. The minimum absolute atomic E-state index is 0.107. The smallest absolute Gasteiger partial charge is 0.249 e. The summed E-state index contributed by atoms with van der Waals surface area (Å²) in [7, 11) is 0. The van der Waals surface area contributed by atoms with Crippen LogP contribution in [-0.4, -0.2) is 20.9 Å². The zero-order chi connectivity index (χ0) is 15.1. The number of likely N-dealkylation sites (tertiary alicyclic amines) is 1. The van der Waals surface area contributed by atoms with Gasteiger partial charge in [-0.1, -0.05) is 35.0 Å². The molecule has 2 aromatic rings. The number of amides is 1. The normalized spacial score (nSPS) is 21.6. The van der Waals surface area contributed by atoms with Crippen LogP contribution in [0.4, 0.5) is 0 Å². The predicted octanol–water partition coefficient (Wildman–Crippen LogP) is 3.46. The average Bonchev–Trinajstić information content (AvgIpc) is 3.15. The second-order valence-corrected chi connectivity index (χ2v) is 6.34. The van der Waals surface area contributed by atoms with Crippen LogP contribution < -0.4 is 0 Å². The number of carbonyl (C=O) groups is 1. The molecule has 0 bridgehead atoms. The summed E-state index contributed by atoms with van der Waals surface area (Å²) in [5.74, 6) is 1.90. The monoisotopic (exact) mass is 317 g/mol. The van der Waals surface area contributed by atoms with E-state index in [1.165, 1.54) is 0 Å². The van der Waals surface area contributed by atoms with E-state index >= 15 is 0 Å². The van der Waals surface area contributed by atoms with Gasteiger partial charge < -0.3 is 9.42 Å². The van der Waals surface area contributed by atoms with Crippen molar-refractivity contribution in [2.45, 2.75) is 44.2 Å². The second kappa shape index (κ2) is 5.39. The predicted molar refractivity (Wildman–Crippen MR) is 80.3 cm³/mol. The zero-order valence-electron chi connectivity index (χ0n) is 12.0. The molecule has 0 spiro atoms. The number of hydrogen-bond acceptors (Lipinski definition) is 4. The molecule has 0 radical (unpaired) electrons. The molecular formula is C16H16ClN3O2. The highest BCUT2D eigenvalue weighted by atomic mass is 35.5. The lowest BCUT2D eigenvalue weighted by Gasteiger charge is -2.22. The molecule has 1 saturated heterocycles. The molecule has 2 heterocycles. The van der Waals surface area contributed by atoms with Gasteiger partial charge in [0.1, 0.15) is 6.04 Å². The lowest BCUT2D eigenvalue weighted by atomic mass is 10.2. The van der Waals surface area contributed by atoms with E-state index < -0.39 is 0 Å². The zero-order valence-corrected chi connectivity index (χ0v) is 12.8. The van der Waals surface area contributed by atoms with Crippen molar-refractivity contribution in [2.24, 2.45) is 0 Å². The summed E-state index contributed by atoms with van der Waals surface area (Å²) in [5, 5.41) is 4.73. The number of rotatable bonds is 4. The highest BCUT2D eigenvalue weighted by Crippen LogP contribution is 2.40. The summed E-state index contributed by atoms with van der Waals surface area (Å²) < 4.78 is 5.41. The van der Waals surface area contributed by atoms with Crippen molar-refractivity contribution in [1.82, 2.24) is 15.0 Å². The standard InChI is InChI=1S/C16H16ClN3O2/c17-12-4-2-1-3-11(12)9-20-13(7-8-14(20)21)16-18-15(19-22-16)10-5-6-10/h1-4,10,13H,5-9H2. The van der Waals surface area contributed by atoms with Gasteiger partial charge in [-0.3, -0.25) is 4.79 Å². The average molecular weight is 318 g/mol. The first-order chi connectivity index (χ1) is 10.7. The van der Waals surface area contributed by atoms with Gasteiger partial charge in [-0.15, -0.1) is 0 Å². The van der Waals surface area contributed by atoms with E-state index in [9.17, 15) is 4.79 Å². The fourth-order valence-corrected chi connectivity index (χ4v) is 3.08. The summed E-state index contributed by atoms with van der Waals surface area (Å²) >= 11 is 6.21. The highest BCUT2D eigenvalue weighted by Gasteiger charge is 2.37. The Kier molecular flexibility index (Phi) is 3.37. The minimum atomic E-state index is -0.135. The molecule has 5 nitrogen and oxygen atoms in total. The van der Waals surface area contributed by atoms with Gasteiger partial charge in [0.2, 0.25) is 11.8 Å². The van der Waals surface area contributed by atoms with E-state index in [1.807, 2.05) is 24.3 Å². The quantitative estimate of drug-likeness (QED) is 0.866. The largest absolute Gasteiger partial charge is 0.337 e. The Morgan fingerprint density at radius 3 is 2.86 bits per heavy atom. The third-order valence-corrected chi connectivity index (χ3v) is 4.68. The molecule has 1 unspecified atom stereocenters.